The van der Waals surface area contributed by atoms with Gasteiger partial charge in [-0.15, -0.1) is 0 Å². The van der Waals surface area contributed by atoms with Crippen LogP contribution < -0.4 is 0 Å². The van der Waals surface area contributed by atoms with Crippen LogP contribution in [0.3, 0.4) is 0 Å². The van der Waals surface area contributed by atoms with E-state index in [1.165, 1.54) is 36.4 Å². The van der Waals surface area contributed by atoms with E-state index in [0.29, 0.717) is 10.9 Å². The normalized spacial score (nSPS) is 11.0. The van der Waals surface area contributed by atoms with Gasteiger partial charge in [-0.05, 0) is 35.2 Å². The van der Waals surface area contributed by atoms with Crippen LogP contribution in [-0.4, -0.2) is 10.2 Å². The minimum absolute atomic E-state index is 0.0410. The van der Waals surface area contributed by atoms with E-state index in [1.54, 1.807) is 0 Å². The molecule has 3 rings (SSSR count). The summed E-state index contributed by atoms with van der Waals surface area (Å²) in [5, 5.41) is 19.0. The van der Waals surface area contributed by atoms with Gasteiger partial charge in [0.15, 0.2) is 23.1 Å². The number of benzene rings is 3. The Morgan fingerprint density at radius 2 is 1.33 bits per heavy atom. The van der Waals surface area contributed by atoms with E-state index in [0.717, 1.165) is 6.07 Å². The summed E-state index contributed by atoms with van der Waals surface area (Å²) >= 11 is 0. The molecule has 0 radical (unpaired) electrons. The van der Waals surface area contributed by atoms with E-state index < -0.39 is 29.0 Å². The van der Waals surface area contributed by atoms with Crippen molar-refractivity contribution in [2.75, 3.05) is 0 Å². The van der Waals surface area contributed by atoms with Crippen LogP contribution >= 0.6 is 0 Å². The van der Waals surface area contributed by atoms with E-state index in [2.05, 4.69) is 0 Å². The maximum atomic E-state index is 13.8. The van der Waals surface area contributed by atoms with Gasteiger partial charge in [-0.1, -0.05) is 18.2 Å². The Morgan fingerprint density at radius 3 is 2.10 bits per heavy atom. The SMILES string of the molecule is Oc1ccc(-c2ccc3c(F)c(O)ccc3c2)c(F)c1F. The molecule has 0 aromatic heterocycles. The lowest BCUT2D eigenvalue weighted by Crippen LogP contribution is -1.91. The van der Waals surface area contributed by atoms with Crippen LogP contribution in [0.5, 0.6) is 11.5 Å². The van der Waals surface area contributed by atoms with Gasteiger partial charge in [-0.25, -0.2) is 8.78 Å². The third kappa shape index (κ3) is 2.07. The predicted molar refractivity (Wildman–Crippen MR) is 72.6 cm³/mol. The molecule has 106 valence electrons. The Hall–Kier alpha value is -2.69. The fraction of sp³-hybridized carbons (Fsp3) is 0. The molecule has 0 amide bonds. The first-order chi connectivity index (χ1) is 9.99. The molecule has 0 bridgehead atoms. The molecule has 0 aliphatic carbocycles. The molecule has 5 heteroatoms. The van der Waals surface area contributed by atoms with Gasteiger partial charge in [-0.2, -0.15) is 4.39 Å². The van der Waals surface area contributed by atoms with Crippen LogP contribution in [0, 0.1) is 17.5 Å². The Morgan fingerprint density at radius 1 is 0.667 bits per heavy atom. The Bertz CT molecular complexity index is 860. The van der Waals surface area contributed by atoms with E-state index in [4.69, 9.17) is 5.11 Å². The molecule has 0 saturated heterocycles. The first-order valence-corrected chi connectivity index (χ1v) is 6.07. The summed E-state index contributed by atoms with van der Waals surface area (Å²) < 4.78 is 40.9. The number of phenolic OH excluding ortho intramolecular Hbond substituents is 2. The summed E-state index contributed by atoms with van der Waals surface area (Å²) in [6.07, 6.45) is 0. The number of phenols is 2. The standard InChI is InChI=1S/C16H9F3O2/c17-14-10-3-1-8(7-9(10)2-5-12(14)20)11-4-6-13(21)16(19)15(11)18/h1-7,20-21H. The zero-order valence-corrected chi connectivity index (χ0v) is 10.6. The monoisotopic (exact) mass is 290 g/mol. The fourth-order valence-corrected chi connectivity index (χ4v) is 2.21. The molecule has 0 aliphatic heterocycles. The fourth-order valence-electron chi connectivity index (χ4n) is 2.21. The molecule has 0 heterocycles. The van der Waals surface area contributed by atoms with Crippen molar-refractivity contribution in [1.82, 2.24) is 0 Å². The molecular weight excluding hydrogens is 281 g/mol. The van der Waals surface area contributed by atoms with Gasteiger partial charge < -0.3 is 10.2 Å². The van der Waals surface area contributed by atoms with Gasteiger partial charge in [0.1, 0.15) is 0 Å². The smallest absolute Gasteiger partial charge is 0.200 e. The lowest BCUT2D eigenvalue weighted by atomic mass is 10.00. The zero-order chi connectivity index (χ0) is 15.1. The van der Waals surface area contributed by atoms with Gasteiger partial charge >= 0.3 is 0 Å². The third-order valence-electron chi connectivity index (χ3n) is 3.31. The summed E-state index contributed by atoms with van der Waals surface area (Å²) in [7, 11) is 0. The minimum Gasteiger partial charge on any atom is -0.505 e. The number of hydrogen-bond donors (Lipinski definition) is 2. The zero-order valence-electron chi connectivity index (χ0n) is 10.6. The average Bonchev–Trinajstić information content (AvgIpc) is 2.48. The number of aromatic hydroxyl groups is 2. The van der Waals surface area contributed by atoms with Crippen molar-refractivity contribution in [3.63, 3.8) is 0 Å². The van der Waals surface area contributed by atoms with E-state index >= 15 is 0 Å². The van der Waals surface area contributed by atoms with Crippen LogP contribution in [0.4, 0.5) is 13.2 Å². The summed E-state index contributed by atoms with van der Waals surface area (Å²) in [4.78, 5) is 0. The maximum Gasteiger partial charge on any atom is 0.200 e. The van der Waals surface area contributed by atoms with Gasteiger partial charge in [0, 0.05) is 10.9 Å². The molecule has 0 aliphatic rings. The molecule has 3 aromatic carbocycles. The lowest BCUT2D eigenvalue weighted by molar-refractivity contribution is 0.408. The number of rotatable bonds is 1. The van der Waals surface area contributed by atoms with Crippen LogP contribution in [0.25, 0.3) is 21.9 Å². The highest BCUT2D eigenvalue weighted by molar-refractivity contribution is 5.89. The van der Waals surface area contributed by atoms with Crippen molar-refractivity contribution in [1.29, 1.82) is 0 Å². The molecule has 0 atom stereocenters. The van der Waals surface area contributed by atoms with Crippen molar-refractivity contribution in [3.05, 3.63) is 59.9 Å². The lowest BCUT2D eigenvalue weighted by Gasteiger charge is -2.08. The second-order valence-corrected chi connectivity index (χ2v) is 4.59. The molecule has 0 fully saturated rings. The number of fused-ring (bicyclic) bond motifs is 1. The van der Waals surface area contributed by atoms with Crippen LogP contribution in [0.15, 0.2) is 42.5 Å². The molecule has 0 unspecified atom stereocenters. The first kappa shape index (κ1) is 13.3. The molecule has 0 saturated carbocycles. The Kier molecular flexibility index (Phi) is 2.97. The molecule has 0 spiro atoms. The maximum absolute atomic E-state index is 13.8. The highest BCUT2D eigenvalue weighted by Gasteiger charge is 2.15. The van der Waals surface area contributed by atoms with Crippen LogP contribution in [0.1, 0.15) is 0 Å². The quantitative estimate of drug-likeness (QED) is 0.700. The second-order valence-electron chi connectivity index (χ2n) is 4.59. The predicted octanol–water partition coefficient (Wildman–Crippen LogP) is 4.34. The molecular formula is C16H9F3O2. The summed E-state index contributed by atoms with van der Waals surface area (Å²) in [5.74, 6) is -4.51. The van der Waals surface area contributed by atoms with Gasteiger partial charge in [0.2, 0.25) is 5.82 Å². The molecule has 21 heavy (non-hydrogen) atoms. The average molecular weight is 290 g/mol. The highest BCUT2D eigenvalue weighted by Crippen LogP contribution is 2.33. The highest BCUT2D eigenvalue weighted by atomic mass is 19.2. The molecule has 2 N–H and O–H groups in total. The van der Waals surface area contributed by atoms with Crippen molar-refractivity contribution >= 4 is 10.8 Å². The van der Waals surface area contributed by atoms with E-state index in [9.17, 15) is 18.3 Å². The number of hydrogen-bond acceptors (Lipinski definition) is 2. The first-order valence-electron chi connectivity index (χ1n) is 6.07. The largest absolute Gasteiger partial charge is 0.505 e. The molecule has 2 nitrogen and oxygen atoms in total. The summed E-state index contributed by atoms with van der Waals surface area (Å²) in [5.41, 5.74) is 0.296. The summed E-state index contributed by atoms with van der Waals surface area (Å²) in [6.45, 7) is 0. The molecule has 3 aromatic rings. The Balaban J connectivity index is 2.23. The summed E-state index contributed by atoms with van der Waals surface area (Å²) in [6, 6.07) is 9.23. The van der Waals surface area contributed by atoms with Gasteiger partial charge in [-0.3, -0.25) is 0 Å². The van der Waals surface area contributed by atoms with Crippen molar-refractivity contribution in [2.45, 2.75) is 0 Å². The van der Waals surface area contributed by atoms with Crippen LogP contribution in [-0.2, 0) is 0 Å². The van der Waals surface area contributed by atoms with Gasteiger partial charge in [0.05, 0.1) is 0 Å². The van der Waals surface area contributed by atoms with Crippen molar-refractivity contribution < 1.29 is 23.4 Å². The second kappa shape index (κ2) is 4.70. The van der Waals surface area contributed by atoms with Crippen LogP contribution in [0.2, 0.25) is 0 Å². The minimum atomic E-state index is -1.33. The van der Waals surface area contributed by atoms with Crippen molar-refractivity contribution in [3.8, 4) is 22.6 Å². The number of halogens is 3. The Labute approximate surface area is 117 Å². The third-order valence-corrected chi connectivity index (χ3v) is 3.31. The van der Waals surface area contributed by atoms with Crippen molar-refractivity contribution in [2.24, 2.45) is 0 Å². The van der Waals surface area contributed by atoms with Gasteiger partial charge in [0.25, 0.3) is 0 Å². The topological polar surface area (TPSA) is 40.5 Å². The van der Waals surface area contributed by atoms with E-state index in [1.807, 2.05) is 0 Å². The van der Waals surface area contributed by atoms with E-state index in [-0.39, 0.29) is 10.9 Å².